The lowest BCUT2D eigenvalue weighted by molar-refractivity contribution is -0.168. The highest BCUT2D eigenvalue weighted by atomic mass is 16.6. The maximum Gasteiger partial charge on any atom is 0.247 e. The number of hydrogen-bond donors (Lipinski definition) is 2. The van der Waals surface area contributed by atoms with Crippen LogP contribution >= 0.6 is 0 Å². The van der Waals surface area contributed by atoms with Gasteiger partial charge in [0.15, 0.2) is 0 Å². The third-order valence-electron chi connectivity index (χ3n) is 7.71. The van der Waals surface area contributed by atoms with E-state index in [1.807, 2.05) is 81.4 Å². The summed E-state index contributed by atoms with van der Waals surface area (Å²) in [6, 6.07) is 18.7. The summed E-state index contributed by atoms with van der Waals surface area (Å²) in [6.07, 6.45) is 4.91. The fraction of sp³-hybridized carbons (Fsp3) is 0.545. The Hall–Kier alpha value is -3.23. The van der Waals surface area contributed by atoms with Gasteiger partial charge in [-0.15, -0.1) is 0 Å². The summed E-state index contributed by atoms with van der Waals surface area (Å²) in [7, 11) is 0. The second-order valence-electron chi connectivity index (χ2n) is 11.5. The van der Waals surface area contributed by atoms with Crippen LogP contribution < -0.4 is 10.8 Å². The van der Waals surface area contributed by atoms with E-state index in [2.05, 4.69) is 17.7 Å². The second-order valence-corrected chi connectivity index (χ2v) is 11.5. The van der Waals surface area contributed by atoms with Gasteiger partial charge in [0, 0.05) is 18.9 Å². The lowest BCUT2D eigenvalue weighted by atomic mass is 9.94. The Morgan fingerprint density at radius 1 is 0.951 bits per heavy atom. The average molecular weight is 566 g/mol. The van der Waals surface area contributed by atoms with Crippen LogP contribution in [0, 0.1) is 11.8 Å². The maximum absolute atomic E-state index is 13.9. The summed E-state index contributed by atoms with van der Waals surface area (Å²) in [6.45, 7) is 9.12. The van der Waals surface area contributed by atoms with Crippen LogP contribution in [-0.4, -0.2) is 40.9 Å². The van der Waals surface area contributed by atoms with Crippen LogP contribution in [0.1, 0.15) is 83.8 Å². The summed E-state index contributed by atoms with van der Waals surface area (Å²) >= 11 is 0. The van der Waals surface area contributed by atoms with Gasteiger partial charge < -0.3 is 15.0 Å². The fourth-order valence-corrected chi connectivity index (χ4v) is 5.20. The smallest absolute Gasteiger partial charge is 0.247 e. The first kappa shape index (κ1) is 32.3. The minimum absolute atomic E-state index is 0.00897. The zero-order valence-electron chi connectivity index (χ0n) is 25.1. The molecule has 1 heterocycles. The number of nitrogens with zero attached hydrogens (tertiary/aromatic N) is 1. The first-order valence-electron chi connectivity index (χ1n) is 15.0. The van der Waals surface area contributed by atoms with Crippen molar-refractivity contribution < 1.29 is 24.0 Å². The van der Waals surface area contributed by atoms with Crippen LogP contribution in [-0.2, 0) is 37.2 Å². The number of carbonyl (C=O) groups is 3. The molecular weight excluding hydrogens is 518 g/mol. The second kappa shape index (κ2) is 16.3. The summed E-state index contributed by atoms with van der Waals surface area (Å²) in [4.78, 5) is 47.3. The minimum atomic E-state index is -0.749. The first-order chi connectivity index (χ1) is 19.7. The average Bonchev–Trinajstić information content (AvgIpc) is 3.36. The first-order valence-corrected chi connectivity index (χ1v) is 15.0. The normalized spacial score (nSPS) is 18.2. The van der Waals surface area contributed by atoms with Crippen molar-refractivity contribution in [1.29, 1.82) is 0 Å². The van der Waals surface area contributed by atoms with Crippen molar-refractivity contribution in [3.05, 3.63) is 71.8 Å². The SMILES string of the molecule is CCCCCC(CC(=O)NOCc1ccccc1)C(=O)NC(C(=O)N1CCCC1(C)OCc1ccccc1)C(C)C. The molecule has 1 aliphatic rings. The third-order valence-corrected chi connectivity index (χ3v) is 7.71. The van der Waals surface area contributed by atoms with Gasteiger partial charge in [-0.1, -0.05) is 101 Å². The van der Waals surface area contributed by atoms with E-state index in [1.54, 1.807) is 4.90 Å². The Morgan fingerprint density at radius 2 is 1.59 bits per heavy atom. The molecule has 8 heteroatoms. The Morgan fingerprint density at radius 3 is 2.20 bits per heavy atom. The van der Waals surface area contributed by atoms with Gasteiger partial charge >= 0.3 is 0 Å². The van der Waals surface area contributed by atoms with Crippen LogP contribution in [0.4, 0.5) is 0 Å². The molecule has 2 N–H and O–H groups in total. The van der Waals surface area contributed by atoms with Crippen molar-refractivity contribution in [3.8, 4) is 0 Å². The molecule has 41 heavy (non-hydrogen) atoms. The van der Waals surface area contributed by atoms with E-state index in [9.17, 15) is 14.4 Å². The number of hydroxylamine groups is 1. The molecule has 0 aromatic heterocycles. The van der Waals surface area contributed by atoms with E-state index in [-0.39, 0.29) is 36.7 Å². The van der Waals surface area contributed by atoms with Crippen molar-refractivity contribution in [1.82, 2.24) is 15.7 Å². The highest BCUT2D eigenvalue weighted by Crippen LogP contribution is 2.32. The molecule has 3 unspecified atom stereocenters. The maximum atomic E-state index is 13.9. The van der Waals surface area contributed by atoms with Crippen LogP contribution in [0.15, 0.2) is 60.7 Å². The Balaban J connectivity index is 1.62. The number of unbranched alkanes of at least 4 members (excludes halogenated alkanes) is 2. The monoisotopic (exact) mass is 565 g/mol. The molecule has 8 nitrogen and oxygen atoms in total. The zero-order chi connectivity index (χ0) is 29.7. The molecule has 0 bridgehead atoms. The number of ether oxygens (including phenoxy) is 1. The van der Waals surface area contributed by atoms with Crippen LogP contribution in [0.2, 0.25) is 0 Å². The van der Waals surface area contributed by atoms with Gasteiger partial charge in [-0.25, -0.2) is 5.48 Å². The van der Waals surface area contributed by atoms with E-state index < -0.39 is 17.7 Å². The van der Waals surface area contributed by atoms with Crippen molar-refractivity contribution in [3.63, 3.8) is 0 Å². The van der Waals surface area contributed by atoms with Gasteiger partial charge in [0.25, 0.3) is 0 Å². The number of hydrogen-bond acceptors (Lipinski definition) is 5. The molecule has 0 aliphatic carbocycles. The molecule has 2 aromatic rings. The molecule has 3 atom stereocenters. The number of nitrogens with one attached hydrogen (secondary N) is 2. The molecule has 0 radical (unpaired) electrons. The highest BCUT2D eigenvalue weighted by Gasteiger charge is 2.44. The molecule has 3 rings (SSSR count). The van der Waals surface area contributed by atoms with E-state index in [4.69, 9.17) is 9.57 Å². The predicted molar refractivity (Wildman–Crippen MR) is 159 cm³/mol. The molecule has 3 amide bonds. The van der Waals surface area contributed by atoms with Gasteiger partial charge in [0.2, 0.25) is 17.7 Å². The number of carbonyl (C=O) groups excluding carboxylic acids is 3. The van der Waals surface area contributed by atoms with E-state index >= 15 is 0 Å². The Kier molecular flexibility index (Phi) is 12.8. The zero-order valence-corrected chi connectivity index (χ0v) is 25.1. The number of rotatable bonds is 16. The van der Waals surface area contributed by atoms with Gasteiger partial charge in [0.05, 0.1) is 13.2 Å². The van der Waals surface area contributed by atoms with Crippen LogP contribution in [0.3, 0.4) is 0 Å². The van der Waals surface area contributed by atoms with Gasteiger partial charge in [-0.3, -0.25) is 19.2 Å². The summed E-state index contributed by atoms with van der Waals surface area (Å²) in [5.41, 5.74) is 3.71. The molecule has 224 valence electrons. The van der Waals surface area contributed by atoms with Crippen LogP contribution in [0.25, 0.3) is 0 Å². The Labute approximate surface area is 245 Å². The summed E-state index contributed by atoms with van der Waals surface area (Å²) < 4.78 is 6.31. The van der Waals surface area contributed by atoms with E-state index in [0.717, 1.165) is 43.2 Å². The van der Waals surface area contributed by atoms with Crippen molar-refractivity contribution in [2.24, 2.45) is 11.8 Å². The van der Waals surface area contributed by atoms with Crippen LogP contribution in [0.5, 0.6) is 0 Å². The molecule has 0 saturated carbocycles. The molecular formula is C33H47N3O5. The number of likely N-dealkylation sites (tertiary alicyclic amines) is 1. The highest BCUT2D eigenvalue weighted by molar-refractivity contribution is 5.91. The third kappa shape index (κ3) is 9.97. The predicted octanol–water partition coefficient (Wildman–Crippen LogP) is 5.52. The fourth-order valence-electron chi connectivity index (χ4n) is 5.20. The van der Waals surface area contributed by atoms with Gasteiger partial charge in [-0.2, -0.15) is 0 Å². The van der Waals surface area contributed by atoms with Crippen molar-refractivity contribution in [2.75, 3.05) is 6.54 Å². The van der Waals surface area contributed by atoms with Gasteiger partial charge in [0.1, 0.15) is 11.8 Å². The molecule has 0 spiro atoms. The molecule has 1 saturated heterocycles. The summed E-state index contributed by atoms with van der Waals surface area (Å²) in [5.74, 6) is -1.48. The lowest BCUT2D eigenvalue weighted by Crippen LogP contribution is -2.57. The molecule has 2 aromatic carbocycles. The molecule has 1 aliphatic heterocycles. The molecule has 1 fully saturated rings. The van der Waals surface area contributed by atoms with Gasteiger partial charge in [-0.05, 0) is 43.2 Å². The van der Waals surface area contributed by atoms with Crippen molar-refractivity contribution >= 4 is 17.7 Å². The van der Waals surface area contributed by atoms with E-state index in [0.29, 0.717) is 19.6 Å². The quantitative estimate of drug-likeness (QED) is 0.206. The lowest BCUT2D eigenvalue weighted by Gasteiger charge is -2.38. The summed E-state index contributed by atoms with van der Waals surface area (Å²) in [5, 5.41) is 3.01. The minimum Gasteiger partial charge on any atom is -0.351 e. The topological polar surface area (TPSA) is 97.0 Å². The largest absolute Gasteiger partial charge is 0.351 e. The Bertz CT molecular complexity index is 1090. The standard InChI is InChI=1S/C33H47N3O5/c1-5-6-9-19-28(22-29(37)35-41-24-27-17-12-8-13-18-27)31(38)34-30(25(2)3)32(39)36-21-14-20-33(36,4)40-23-26-15-10-7-11-16-26/h7-8,10-13,15-18,25,28,30H,5-6,9,14,19-24H2,1-4H3,(H,34,38)(H,35,37). The number of benzene rings is 2. The van der Waals surface area contributed by atoms with E-state index in [1.165, 1.54) is 0 Å². The number of amides is 3. The van der Waals surface area contributed by atoms with Crippen molar-refractivity contribution in [2.45, 2.75) is 97.6 Å².